The summed E-state index contributed by atoms with van der Waals surface area (Å²) >= 11 is 9.70. The first-order chi connectivity index (χ1) is 17.6. The van der Waals surface area contributed by atoms with Gasteiger partial charge in [0, 0.05) is 10.7 Å². The lowest BCUT2D eigenvalue weighted by Gasteiger charge is -2.19. The second-order valence-corrected chi connectivity index (χ2v) is 10.1. The molecule has 0 aliphatic rings. The summed E-state index contributed by atoms with van der Waals surface area (Å²) in [4.78, 5) is 38.1. The van der Waals surface area contributed by atoms with Crippen LogP contribution >= 0.6 is 24.2 Å². The Hall–Kier alpha value is -3.29. The average molecular weight is 539 g/mol. The number of thiol groups is 1. The summed E-state index contributed by atoms with van der Waals surface area (Å²) in [5.74, 6) is -0.0968. The molecule has 0 radical (unpaired) electrons. The van der Waals surface area contributed by atoms with Crippen LogP contribution in [0.5, 0.6) is 0 Å². The van der Waals surface area contributed by atoms with Crippen LogP contribution in [-0.2, 0) is 29.1 Å². The average Bonchev–Trinajstić information content (AvgIpc) is 2.87. The highest BCUT2D eigenvalue weighted by Crippen LogP contribution is 2.20. The minimum Gasteiger partial charge on any atom is -0.460 e. The van der Waals surface area contributed by atoms with Crippen molar-refractivity contribution < 1.29 is 19.1 Å². The number of carbonyl (C=O) groups excluding carboxylic acids is 3. The molecule has 6 nitrogen and oxygen atoms in total. The molecule has 0 saturated carbocycles. The molecule has 0 saturated heterocycles. The van der Waals surface area contributed by atoms with E-state index in [1.54, 1.807) is 48.5 Å². The van der Waals surface area contributed by atoms with Gasteiger partial charge in [-0.15, -0.1) is 0 Å². The number of urea groups is 1. The molecule has 3 rings (SSSR count). The number of amides is 3. The molecule has 0 fully saturated rings. The van der Waals surface area contributed by atoms with Gasteiger partial charge < -0.3 is 10.1 Å². The second kappa shape index (κ2) is 13.3. The van der Waals surface area contributed by atoms with Gasteiger partial charge in [0.05, 0.1) is 12.5 Å². The van der Waals surface area contributed by atoms with Crippen LogP contribution in [0.2, 0.25) is 5.02 Å². The summed E-state index contributed by atoms with van der Waals surface area (Å²) < 4.78 is 5.52. The maximum atomic E-state index is 12.6. The SMILES string of the molecule is CC(C)Cc1ccc(C(C)C(=O)OCc2ccc(CN(C(=O)S)C(=O)Nc3ccc(Cl)cc3)cc2)cc1. The van der Waals surface area contributed by atoms with Crippen LogP contribution in [0.3, 0.4) is 0 Å². The Kier molecular flexibility index (Phi) is 10.2. The lowest BCUT2D eigenvalue weighted by molar-refractivity contribution is -0.146. The van der Waals surface area contributed by atoms with Gasteiger partial charge in [0.25, 0.3) is 5.24 Å². The molecule has 194 valence electrons. The van der Waals surface area contributed by atoms with Crippen molar-refractivity contribution in [2.45, 2.75) is 46.3 Å². The maximum Gasteiger partial charge on any atom is 0.329 e. The highest BCUT2D eigenvalue weighted by Gasteiger charge is 2.20. The zero-order valence-electron chi connectivity index (χ0n) is 21.1. The minimum absolute atomic E-state index is 0.0334. The van der Waals surface area contributed by atoms with Gasteiger partial charge in [-0.05, 0) is 65.8 Å². The van der Waals surface area contributed by atoms with Gasteiger partial charge in [0.15, 0.2) is 0 Å². The molecule has 1 unspecified atom stereocenters. The van der Waals surface area contributed by atoms with Gasteiger partial charge in [0.1, 0.15) is 6.61 Å². The molecule has 37 heavy (non-hydrogen) atoms. The zero-order valence-corrected chi connectivity index (χ0v) is 22.8. The number of ether oxygens (including phenoxy) is 1. The quantitative estimate of drug-likeness (QED) is 0.219. The molecule has 0 heterocycles. The number of nitrogens with zero attached hydrogens (tertiary/aromatic N) is 1. The lowest BCUT2D eigenvalue weighted by atomic mass is 9.97. The van der Waals surface area contributed by atoms with Crippen molar-refractivity contribution in [2.24, 2.45) is 5.92 Å². The highest BCUT2D eigenvalue weighted by molar-refractivity contribution is 7.96. The van der Waals surface area contributed by atoms with Gasteiger partial charge in [-0.1, -0.05) is 86.6 Å². The maximum absolute atomic E-state index is 12.6. The van der Waals surface area contributed by atoms with Crippen molar-refractivity contribution >= 4 is 47.2 Å². The third-order valence-electron chi connectivity index (χ3n) is 5.79. The molecule has 0 bridgehead atoms. The number of nitrogens with one attached hydrogen (secondary N) is 1. The predicted octanol–water partition coefficient (Wildman–Crippen LogP) is 7.47. The van der Waals surface area contributed by atoms with Gasteiger partial charge in [0.2, 0.25) is 0 Å². The number of rotatable bonds is 9. The second-order valence-electron chi connectivity index (χ2n) is 9.29. The van der Waals surface area contributed by atoms with E-state index in [1.165, 1.54) is 5.56 Å². The Morgan fingerprint density at radius 1 is 0.865 bits per heavy atom. The third kappa shape index (κ3) is 8.65. The van der Waals surface area contributed by atoms with Crippen LogP contribution in [0.4, 0.5) is 15.3 Å². The fraction of sp³-hybridized carbons (Fsp3) is 0.276. The van der Waals surface area contributed by atoms with E-state index in [9.17, 15) is 14.4 Å². The predicted molar refractivity (Wildman–Crippen MR) is 150 cm³/mol. The van der Waals surface area contributed by atoms with Gasteiger partial charge in [-0.25, -0.2) is 4.79 Å². The Labute approximate surface area is 228 Å². The van der Waals surface area contributed by atoms with E-state index in [1.807, 2.05) is 19.1 Å². The third-order valence-corrected chi connectivity index (χ3v) is 6.29. The summed E-state index contributed by atoms with van der Waals surface area (Å²) in [6.07, 6.45) is 1.00. The molecular formula is C29H31ClN2O4S. The number of halogens is 1. The van der Waals surface area contributed by atoms with Crippen molar-refractivity contribution in [3.05, 3.63) is 100 Å². The normalized spacial score (nSPS) is 11.6. The van der Waals surface area contributed by atoms with Gasteiger partial charge in [-0.3, -0.25) is 14.5 Å². The molecule has 0 spiro atoms. The van der Waals surface area contributed by atoms with E-state index in [0.717, 1.165) is 28.0 Å². The number of anilines is 1. The van der Waals surface area contributed by atoms with Crippen molar-refractivity contribution in [3.63, 3.8) is 0 Å². The fourth-order valence-electron chi connectivity index (χ4n) is 3.70. The van der Waals surface area contributed by atoms with E-state index >= 15 is 0 Å². The molecule has 3 aromatic rings. The van der Waals surface area contributed by atoms with E-state index < -0.39 is 11.3 Å². The molecule has 3 amide bonds. The Morgan fingerprint density at radius 3 is 2.00 bits per heavy atom. The van der Waals surface area contributed by atoms with Crippen molar-refractivity contribution in [3.8, 4) is 0 Å². The van der Waals surface area contributed by atoms with Crippen LogP contribution in [-0.4, -0.2) is 22.1 Å². The first kappa shape index (κ1) is 28.3. The summed E-state index contributed by atoms with van der Waals surface area (Å²) in [7, 11) is 0. The fourth-order valence-corrected chi connectivity index (χ4v) is 3.99. The zero-order chi connectivity index (χ0) is 26.9. The van der Waals surface area contributed by atoms with E-state index in [2.05, 4.69) is 43.9 Å². The summed E-state index contributed by atoms with van der Waals surface area (Å²) in [5, 5.41) is 2.50. The van der Waals surface area contributed by atoms with Crippen LogP contribution in [0.25, 0.3) is 0 Å². The highest BCUT2D eigenvalue weighted by atomic mass is 35.5. The molecule has 3 aromatic carbocycles. The van der Waals surface area contributed by atoms with Crippen LogP contribution in [0.1, 0.15) is 48.9 Å². The van der Waals surface area contributed by atoms with Crippen molar-refractivity contribution in [1.82, 2.24) is 4.90 Å². The summed E-state index contributed by atoms with van der Waals surface area (Å²) in [5.41, 5.74) is 4.19. The number of carbonyl (C=O) groups is 3. The standard InChI is InChI=1S/C29H31ClN2O4S/c1-19(2)16-21-8-10-24(11-9-21)20(3)27(33)36-18-23-6-4-22(5-7-23)17-32(29(35)37)28(34)31-26-14-12-25(30)13-15-26/h4-15,19-20H,16-18H2,1-3H3,(H,31,34)(H,35,37). The number of benzene rings is 3. The summed E-state index contributed by atoms with van der Waals surface area (Å²) in [6.45, 7) is 6.35. The summed E-state index contributed by atoms with van der Waals surface area (Å²) in [6, 6.07) is 21.2. The van der Waals surface area contributed by atoms with E-state index in [0.29, 0.717) is 16.6 Å². The van der Waals surface area contributed by atoms with Crippen molar-refractivity contribution in [1.29, 1.82) is 0 Å². The monoisotopic (exact) mass is 538 g/mol. The first-order valence-corrected chi connectivity index (χ1v) is 12.8. The molecule has 1 atom stereocenters. The molecular weight excluding hydrogens is 508 g/mol. The van der Waals surface area contributed by atoms with E-state index in [-0.39, 0.29) is 25.0 Å². The smallest absolute Gasteiger partial charge is 0.329 e. The number of hydrogen-bond donors (Lipinski definition) is 2. The first-order valence-electron chi connectivity index (χ1n) is 12.0. The number of hydrogen-bond acceptors (Lipinski definition) is 4. The topological polar surface area (TPSA) is 75.7 Å². The lowest BCUT2D eigenvalue weighted by Crippen LogP contribution is -2.36. The molecule has 0 aromatic heterocycles. The van der Waals surface area contributed by atoms with Gasteiger partial charge >= 0.3 is 12.0 Å². The molecule has 8 heteroatoms. The van der Waals surface area contributed by atoms with Crippen LogP contribution in [0, 0.1) is 5.92 Å². The Morgan fingerprint density at radius 2 is 1.43 bits per heavy atom. The Bertz CT molecular complexity index is 1210. The molecule has 1 N–H and O–H groups in total. The van der Waals surface area contributed by atoms with E-state index in [4.69, 9.17) is 16.3 Å². The largest absolute Gasteiger partial charge is 0.460 e. The minimum atomic E-state index is -0.685. The van der Waals surface area contributed by atoms with Crippen molar-refractivity contribution in [2.75, 3.05) is 5.32 Å². The molecule has 0 aliphatic carbocycles. The van der Waals surface area contributed by atoms with Gasteiger partial charge in [-0.2, -0.15) is 0 Å². The number of esters is 1. The number of imide groups is 1. The van der Waals surface area contributed by atoms with Crippen LogP contribution < -0.4 is 5.32 Å². The Balaban J connectivity index is 1.54. The van der Waals surface area contributed by atoms with Crippen LogP contribution in [0.15, 0.2) is 72.8 Å². The molecule has 0 aliphatic heterocycles.